The van der Waals surface area contributed by atoms with Gasteiger partial charge in [0.05, 0.1) is 0 Å². The molecule has 0 aliphatic heterocycles. The van der Waals surface area contributed by atoms with Crippen LogP contribution in [-0.4, -0.2) is 4.61 Å². The molecule has 1 aromatic carbocycles. The van der Waals surface area contributed by atoms with E-state index >= 15 is 0 Å². The van der Waals surface area contributed by atoms with Gasteiger partial charge in [-0.3, -0.25) is 0 Å². The summed E-state index contributed by atoms with van der Waals surface area (Å²) in [5, 5.41) is 0. The topological polar surface area (TPSA) is 0 Å². The van der Waals surface area contributed by atoms with Crippen LogP contribution in [0.15, 0.2) is 24.3 Å². The van der Waals surface area contributed by atoms with Gasteiger partial charge in [0.15, 0.2) is 0 Å². The van der Waals surface area contributed by atoms with Gasteiger partial charge >= 0.3 is 79.8 Å². The molecule has 3 heteroatoms. The first-order valence-corrected chi connectivity index (χ1v) is 8.57. The van der Waals surface area contributed by atoms with E-state index in [1.807, 2.05) is 22.8 Å². The Morgan fingerprint density at radius 3 is 2.45 bits per heavy atom. The van der Waals surface area contributed by atoms with Crippen LogP contribution >= 0.6 is 19.4 Å². The number of halogens is 2. The molecule has 0 spiro atoms. The zero-order valence-corrected chi connectivity index (χ0v) is 9.25. The molecule has 0 aliphatic rings. The average Bonchev–Trinajstić information content (AvgIpc) is 1.93. The van der Waals surface area contributed by atoms with E-state index in [1.54, 1.807) is 0 Å². The van der Waals surface area contributed by atoms with Crippen LogP contribution < -0.4 is 0 Å². The van der Waals surface area contributed by atoms with Gasteiger partial charge in [0, 0.05) is 0 Å². The third kappa shape index (κ3) is 3.03. The van der Waals surface area contributed by atoms with Gasteiger partial charge in [0.25, 0.3) is 0 Å². The maximum atomic E-state index is 5.74. The van der Waals surface area contributed by atoms with Crippen molar-refractivity contribution in [1.82, 2.24) is 0 Å². The van der Waals surface area contributed by atoms with E-state index in [1.165, 1.54) is 5.56 Å². The van der Waals surface area contributed by atoms with Crippen molar-refractivity contribution in [2.24, 2.45) is 0 Å². The summed E-state index contributed by atoms with van der Waals surface area (Å²) in [5.41, 5.74) is 2.39. The van der Waals surface area contributed by atoms with Crippen molar-refractivity contribution < 1.29 is 13.5 Å². The Balaban J connectivity index is 3.04. The second-order valence-corrected chi connectivity index (χ2v) is 7.89. The molecule has 0 aliphatic carbocycles. The number of benzene rings is 1. The minimum atomic E-state index is -1.64. The summed E-state index contributed by atoms with van der Waals surface area (Å²) in [6, 6.07) is 8.08. The van der Waals surface area contributed by atoms with Gasteiger partial charge in [-0.1, -0.05) is 0 Å². The van der Waals surface area contributed by atoms with Crippen LogP contribution in [-0.2, 0) is 13.5 Å². The first-order valence-electron chi connectivity index (χ1n) is 3.09. The number of hydrogen-bond acceptors (Lipinski definition) is 0. The van der Waals surface area contributed by atoms with Gasteiger partial charge in [-0.05, 0) is 0 Å². The second kappa shape index (κ2) is 4.35. The summed E-state index contributed by atoms with van der Waals surface area (Å²) in [5.74, 6) is 0. The van der Waals surface area contributed by atoms with E-state index in [2.05, 4.69) is 13.0 Å². The molecule has 0 fully saturated rings. The molecule has 0 saturated heterocycles. The third-order valence-corrected chi connectivity index (χ3v) is 3.21. The SMILES string of the molecule is Cc1ccccc1[CH]=[Ru]([Cl])[Cl]. The summed E-state index contributed by atoms with van der Waals surface area (Å²) in [6.07, 6.45) is 0. The van der Waals surface area contributed by atoms with Gasteiger partial charge in [0.1, 0.15) is 0 Å². The quantitative estimate of drug-likeness (QED) is 0.691. The fourth-order valence-corrected chi connectivity index (χ4v) is 2.74. The second-order valence-electron chi connectivity index (χ2n) is 2.16. The van der Waals surface area contributed by atoms with Crippen LogP contribution in [0, 0.1) is 6.92 Å². The molecule has 0 amide bonds. The molecule has 0 unspecified atom stereocenters. The van der Waals surface area contributed by atoms with Crippen LogP contribution in [0.1, 0.15) is 11.1 Å². The van der Waals surface area contributed by atoms with Crippen LogP contribution in [0.2, 0.25) is 0 Å². The normalized spacial score (nSPS) is 11.0. The van der Waals surface area contributed by atoms with E-state index in [0.29, 0.717) is 0 Å². The molecular formula is C8H8Cl2Ru. The van der Waals surface area contributed by atoms with E-state index in [4.69, 9.17) is 19.4 Å². The Bertz CT molecular complexity index is 277. The molecule has 11 heavy (non-hydrogen) atoms. The van der Waals surface area contributed by atoms with Crippen molar-refractivity contribution in [1.29, 1.82) is 0 Å². The monoisotopic (exact) mass is 276 g/mol. The minimum absolute atomic E-state index is 1.16. The molecule has 0 atom stereocenters. The van der Waals surface area contributed by atoms with Gasteiger partial charge < -0.3 is 0 Å². The zero-order chi connectivity index (χ0) is 8.27. The molecule has 1 aromatic rings. The molecule has 0 N–H and O–H groups in total. The van der Waals surface area contributed by atoms with E-state index in [-0.39, 0.29) is 0 Å². The zero-order valence-electron chi connectivity index (χ0n) is 6.00. The summed E-state index contributed by atoms with van der Waals surface area (Å²) in [7, 11) is 11.5. The molecule has 0 saturated carbocycles. The molecule has 0 bridgehead atoms. The fourth-order valence-electron chi connectivity index (χ4n) is 0.784. The van der Waals surface area contributed by atoms with Crippen LogP contribution in [0.3, 0.4) is 0 Å². The van der Waals surface area contributed by atoms with Crippen molar-refractivity contribution in [3.63, 3.8) is 0 Å². The number of aryl methyl sites for hydroxylation is 1. The molecule has 1 rings (SSSR count). The van der Waals surface area contributed by atoms with Crippen molar-refractivity contribution in [2.45, 2.75) is 6.92 Å². The van der Waals surface area contributed by atoms with Crippen LogP contribution in [0.25, 0.3) is 0 Å². The molecular weight excluding hydrogens is 268 g/mol. The van der Waals surface area contributed by atoms with E-state index in [0.717, 1.165) is 5.56 Å². The molecule has 0 aromatic heterocycles. The summed E-state index contributed by atoms with van der Waals surface area (Å²) in [4.78, 5) is 0. The standard InChI is InChI=1S/C8H8.2ClH.Ru/c1-7-5-3-4-6-8(7)2;;;/h1,3-6H,2H3;2*1H;/q;;;+2/p-2. The summed E-state index contributed by atoms with van der Waals surface area (Å²) < 4.78 is 1.96. The van der Waals surface area contributed by atoms with E-state index < -0.39 is 13.5 Å². The first-order chi connectivity index (χ1) is 5.20. The molecule has 62 valence electrons. The van der Waals surface area contributed by atoms with E-state index in [9.17, 15) is 0 Å². The van der Waals surface area contributed by atoms with Crippen molar-refractivity contribution in [2.75, 3.05) is 0 Å². The third-order valence-electron chi connectivity index (χ3n) is 1.38. The number of hydrogen-bond donors (Lipinski definition) is 0. The molecule has 0 radical (unpaired) electrons. The summed E-state index contributed by atoms with van der Waals surface area (Å²) >= 11 is -1.64. The average molecular weight is 276 g/mol. The first kappa shape index (κ1) is 9.38. The Morgan fingerprint density at radius 2 is 1.91 bits per heavy atom. The van der Waals surface area contributed by atoms with Gasteiger partial charge in [0.2, 0.25) is 0 Å². The Hall–Kier alpha value is 0.293. The van der Waals surface area contributed by atoms with Crippen LogP contribution in [0.4, 0.5) is 0 Å². The van der Waals surface area contributed by atoms with Crippen molar-refractivity contribution in [3.8, 4) is 0 Å². The van der Waals surface area contributed by atoms with Crippen molar-refractivity contribution in [3.05, 3.63) is 35.4 Å². The summed E-state index contributed by atoms with van der Waals surface area (Å²) in [6.45, 7) is 2.05. The predicted octanol–water partition coefficient (Wildman–Crippen LogP) is 3.07. The van der Waals surface area contributed by atoms with Crippen LogP contribution in [0.5, 0.6) is 0 Å². The Kier molecular flexibility index (Phi) is 3.71. The van der Waals surface area contributed by atoms with Gasteiger partial charge in [-0.15, -0.1) is 0 Å². The molecule has 0 nitrogen and oxygen atoms in total. The number of rotatable bonds is 1. The Morgan fingerprint density at radius 1 is 1.27 bits per heavy atom. The maximum absolute atomic E-state index is 5.74. The fraction of sp³-hybridized carbons (Fsp3) is 0.125. The van der Waals surface area contributed by atoms with Gasteiger partial charge in [-0.2, -0.15) is 0 Å². The van der Waals surface area contributed by atoms with Gasteiger partial charge in [-0.25, -0.2) is 0 Å². The molecule has 0 heterocycles. The Labute approximate surface area is 79.6 Å². The van der Waals surface area contributed by atoms with Crippen molar-refractivity contribution >= 4 is 24.0 Å². The predicted molar refractivity (Wildman–Crippen MR) is 48.1 cm³/mol.